The minimum atomic E-state index is -3.66. The third-order valence-corrected chi connectivity index (χ3v) is 15.6. The van der Waals surface area contributed by atoms with Gasteiger partial charge in [-0.2, -0.15) is 0 Å². The third-order valence-electron chi connectivity index (χ3n) is 10.1. The molecule has 17 heteroatoms. The molecular formula is C38H38Cl2N2O10S3. The van der Waals surface area contributed by atoms with Gasteiger partial charge in [0, 0.05) is 46.8 Å². The van der Waals surface area contributed by atoms with E-state index in [0.717, 1.165) is 22.4 Å². The summed E-state index contributed by atoms with van der Waals surface area (Å²) < 4.78 is 49.9. The van der Waals surface area contributed by atoms with Gasteiger partial charge in [-0.25, -0.2) is 8.42 Å². The van der Waals surface area contributed by atoms with Crippen molar-refractivity contribution >= 4 is 88.8 Å². The number of primary amides is 1. The monoisotopic (exact) mass is 848 g/mol. The molecule has 3 heterocycles. The van der Waals surface area contributed by atoms with Gasteiger partial charge in [0.1, 0.15) is 16.9 Å². The number of amides is 2. The van der Waals surface area contributed by atoms with Gasteiger partial charge in [-0.1, -0.05) is 41.4 Å². The summed E-state index contributed by atoms with van der Waals surface area (Å²) in [4.78, 5) is 55.2. The molecule has 1 saturated heterocycles. The molecule has 0 radical (unpaired) electrons. The van der Waals surface area contributed by atoms with Crippen LogP contribution in [0.25, 0.3) is 11.0 Å². The van der Waals surface area contributed by atoms with Gasteiger partial charge in [0.15, 0.2) is 9.84 Å². The van der Waals surface area contributed by atoms with E-state index in [0.29, 0.717) is 34.4 Å². The number of rotatable bonds is 13. The number of nitrogens with two attached hydrogens (primary N) is 1. The number of hydrogen-bond donors (Lipinski definition) is 2. The van der Waals surface area contributed by atoms with Crippen LogP contribution in [0.15, 0.2) is 70.2 Å². The van der Waals surface area contributed by atoms with Crippen LogP contribution in [-0.2, 0) is 47.2 Å². The van der Waals surface area contributed by atoms with Crippen molar-refractivity contribution in [3.8, 4) is 0 Å². The molecule has 12 nitrogen and oxygen atoms in total. The number of halogens is 2. The number of fused-ring (bicyclic) bond motifs is 2. The molecule has 1 fully saturated rings. The normalized spacial score (nSPS) is 20.1. The van der Waals surface area contributed by atoms with E-state index < -0.39 is 66.6 Å². The zero-order valence-corrected chi connectivity index (χ0v) is 33.8. The van der Waals surface area contributed by atoms with Gasteiger partial charge >= 0.3 is 11.9 Å². The number of carboxylic acid groups (broad SMARTS) is 1. The Kier molecular flexibility index (Phi) is 12.2. The summed E-state index contributed by atoms with van der Waals surface area (Å²) >= 11 is 13.5. The fourth-order valence-corrected chi connectivity index (χ4v) is 12.6. The highest BCUT2D eigenvalue weighted by molar-refractivity contribution is 8.72. The molecule has 2 amide bonds. The van der Waals surface area contributed by atoms with Crippen LogP contribution in [0.4, 0.5) is 0 Å². The van der Waals surface area contributed by atoms with Crippen LogP contribution < -0.4 is 5.73 Å². The number of furan rings is 1. The van der Waals surface area contributed by atoms with Crippen molar-refractivity contribution in [2.45, 2.75) is 67.2 Å². The molecule has 55 heavy (non-hydrogen) atoms. The second-order valence-electron chi connectivity index (χ2n) is 13.9. The minimum absolute atomic E-state index is 0.0151. The highest BCUT2D eigenvalue weighted by atomic mass is 35.5. The zero-order valence-electron chi connectivity index (χ0n) is 29.8. The maximum absolute atomic E-state index is 15.0. The quantitative estimate of drug-likeness (QED) is 0.0839. The van der Waals surface area contributed by atoms with Crippen LogP contribution in [0.1, 0.15) is 76.1 Å². The highest BCUT2D eigenvalue weighted by Crippen LogP contribution is 2.47. The van der Waals surface area contributed by atoms with Crippen molar-refractivity contribution in [1.82, 2.24) is 4.90 Å². The Morgan fingerprint density at radius 3 is 2.60 bits per heavy atom. The van der Waals surface area contributed by atoms with Crippen molar-refractivity contribution < 1.29 is 46.4 Å². The smallest absolute Gasteiger partial charge is 0.312 e. The van der Waals surface area contributed by atoms with Gasteiger partial charge in [-0.15, -0.1) is 0 Å². The number of carboxylic acids is 1. The fraction of sp³-hybridized carbons (Fsp3) is 0.368. The van der Waals surface area contributed by atoms with E-state index in [1.165, 1.54) is 29.4 Å². The average Bonchev–Trinajstić information content (AvgIpc) is 3.78. The largest absolute Gasteiger partial charge is 0.605 e. The third kappa shape index (κ3) is 8.82. The molecule has 292 valence electrons. The zero-order chi connectivity index (χ0) is 39.8. The highest BCUT2D eigenvalue weighted by Gasteiger charge is 2.49. The lowest BCUT2D eigenvalue weighted by atomic mass is 9.80. The summed E-state index contributed by atoms with van der Waals surface area (Å²) in [6.07, 6.45) is 3.17. The number of ether oxygens (including phenoxy) is 1. The number of carbonyl (C=O) groups is 4. The van der Waals surface area contributed by atoms with Crippen molar-refractivity contribution in [2.24, 2.45) is 11.7 Å². The summed E-state index contributed by atoms with van der Waals surface area (Å²) in [7, 11) is -3.75. The number of aliphatic carboxylic acids is 1. The first-order valence-electron chi connectivity index (χ1n) is 17.3. The van der Waals surface area contributed by atoms with Gasteiger partial charge in [-0.05, 0) is 85.7 Å². The van der Waals surface area contributed by atoms with Crippen LogP contribution in [0.2, 0.25) is 10.0 Å². The number of esters is 1. The Morgan fingerprint density at radius 2 is 1.93 bits per heavy atom. The Balaban J connectivity index is 1.52. The lowest BCUT2D eigenvalue weighted by molar-refractivity contribution is -0.166. The SMILES string of the molecule is CC(CCCC(=O)O)(OC(=O)[C@@H](Cc1cccc(S(C)(=O)=O)c1)C1c2cc(Cl)c(C(N)=O)c(Cl)c2CCN1C(=O)c1ccc2ccoc2c1)[C@H]1CC[S+]([O-])S1. The molecule has 2 aliphatic rings. The van der Waals surface area contributed by atoms with E-state index in [1.807, 2.05) is 0 Å². The number of benzene rings is 3. The first kappa shape index (κ1) is 40.9. The molecule has 0 aliphatic carbocycles. The summed E-state index contributed by atoms with van der Waals surface area (Å²) in [6.45, 7) is 1.73. The first-order chi connectivity index (χ1) is 26.0. The molecule has 0 bridgehead atoms. The molecule has 0 spiro atoms. The van der Waals surface area contributed by atoms with Crippen molar-refractivity contribution in [1.29, 1.82) is 0 Å². The second-order valence-corrected chi connectivity index (χ2v) is 20.2. The molecular weight excluding hydrogens is 812 g/mol. The Bertz CT molecular complexity index is 2280. The van der Waals surface area contributed by atoms with Crippen LogP contribution in [0.3, 0.4) is 0 Å². The van der Waals surface area contributed by atoms with Crippen molar-refractivity contribution in [3.05, 3.63) is 98.7 Å². The van der Waals surface area contributed by atoms with Crippen LogP contribution >= 0.6 is 34.0 Å². The molecule has 2 aliphatic heterocycles. The lowest BCUT2D eigenvalue weighted by Gasteiger charge is -2.43. The summed E-state index contributed by atoms with van der Waals surface area (Å²) in [6, 6.07) is 13.2. The fourth-order valence-electron chi connectivity index (χ4n) is 7.37. The van der Waals surface area contributed by atoms with Gasteiger partial charge in [0.05, 0.1) is 54.8 Å². The van der Waals surface area contributed by atoms with E-state index in [2.05, 4.69) is 0 Å². The average molecular weight is 850 g/mol. The maximum Gasteiger partial charge on any atom is 0.312 e. The number of sulfone groups is 1. The molecule has 3 N–H and O–H groups in total. The Hall–Kier alpha value is -3.73. The lowest BCUT2D eigenvalue weighted by Crippen LogP contribution is -2.49. The van der Waals surface area contributed by atoms with E-state index in [4.69, 9.17) is 38.1 Å². The van der Waals surface area contributed by atoms with Crippen LogP contribution in [0, 0.1) is 5.92 Å². The maximum atomic E-state index is 15.0. The van der Waals surface area contributed by atoms with Crippen molar-refractivity contribution in [3.63, 3.8) is 0 Å². The number of hydrogen-bond acceptors (Lipinski definition) is 10. The van der Waals surface area contributed by atoms with E-state index in [1.54, 1.807) is 43.3 Å². The van der Waals surface area contributed by atoms with Gasteiger partial charge in [-0.3, -0.25) is 19.2 Å². The summed E-state index contributed by atoms with van der Waals surface area (Å²) in [5, 5.41) is 9.65. The van der Waals surface area contributed by atoms with E-state index in [9.17, 15) is 32.5 Å². The van der Waals surface area contributed by atoms with E-state index in [-0.39, 0.29) is 64.7 Å². The van der Waals surface area contributed by atoms with Crippen LogP contribution in [-0.4, -0.2) is 76.1 Å². The Morgan fingerprint density at radius 1 is 1.16 bits per heavy atom. The molecule has 1 aromatic heterocycles. The minimum Gasteiger partial charge on any atom is -0.605 e. The predicted octanol–water partition coefficient (Wildman–Crippen LogP) is 6.57. The van der Waals surface area contributed by atoms with E-state index >= 15 is 4.79 Å². The topological polar surface area (TPSA) is 197 Å². The van der Waals surface area contributed by atoms with Gasteiger partial charge < -0.3 is 29.4 Å². The molecule has 4 aromatic rings. The molecule has 3 aromatic carbocycles. The number of nitrogens with zero attached hydrogens (tertiary/aromatic N) is 1. The second kappa shape index (κ2) is 16.4. The standard InChI is InChI=1S/C38H38Cl2N2O10S3/c1-38(13-4-7-31(43)44,30-12-16-54(48)53-30)52-37(47)27(18-21-5-3-6-24(17-21)55(2,49)50)34-26-20-28(39)32(35(41)45)33(40)25(26)10-14-42(34)36(46)23-9-8-22-11-15-51-29(22)19-23/h3,5-6,8-9,11,15,17,19-20,27,30,34H,4,7,10,12-14,16,18H2,1-2H3,(H2,41,45)(H,43,44)/t27-,30+,34?,38?,54?/m0/s1. The molecule has 0 saturated carbocycles. The first-order valence-corrected chi connectivity index (χ1v) is 22.7. The van der Waals surface area contributed by atoms with Crippen molar-refractivity contribution in [2.75, 3.05) is 18.6 Å². The predicted molar refractivity (Wildman–Crippen MR) is 210 cm³/mol. The molecule has 6 rings (SSSR count). The Labute approximate surface area is 334 Å². The van der Waals surface area contributed by atoms with Gasteiger partial charge in [0.25, 0.3) is 11.8 Å². The van der Waals surface area contributed by atoms with Crippen LogP contribution in [0.5, 0.6) is 0 Å². The summed E-state index contributed by atoms with van der Waals surface area (Å²) in [5.74, 6) is -4.01. The summed E-state index contributed by atoms with van der Waals surface area (Å²) in [5.41, 5.74) is 6.25. The molecule has 5 atom stereocenters. The van der Waals surface area contributed by atoms with Gasteiger partial charge in [0.2, 0.25) is 0 Å². The number of carbonyl (C=O) groups excluding carboxylic acids is 3. The molecule has 3 unspecified atom stereocenters.